The Morgan fingerprint density at radius 3 is 2.56 bits per heavy atom. The zero-order chi connectivity index (χ0) is 24.1. The summed E-state index contributed by atoms with van der Waals surface area (Å²) in [5.41, 5.74) is 5.11. The summed E-state index contributed by atoms with van der Waals surface area (Å²) in [4.78, 5) is 2.29. The predicted octanol–water partition coefficient (Wildman–Crippen LogP) is 5.24. The zero-order valence-corrected chi connectivity index (χ0v) is 20.5. The first kappa shape index (κ1) is 24.0. The lowest BCUT2D eigenvalue weighted by Gasteiger charge is -2.38. The van der Waals surface area contributed by atoms with Crippen molar-refractivity contribution in [3.05, 3.63) is 88.7 Å². The van der Waals surface area contributed by atoms with Gasteiger partial charge < -0.3 is 20.1 Å². The van der Waals surface area contributed by atoms with Crippen LogP contribution in [-0.2, 0) is 13.0 Å². The quantitative estimate of drug-likeness (QED) is 0.452. The molecule has 1 aliphatic rings. The third-order valence-electron chi connectivity index (χ3n) is 6.18. The predicted molar refractivity (Wildman–Crippen MR) is 138 cm³/mol. The minimum absolute atomic E-state index is 0.0274. The molecule has 7 heteroatoms. The molecule has 3 aromatic carbocycles. The van der Waals surface area contributed by atoms with E-state index in [0.29, 0.717) is 35.3 Å². The van der Waals surface area contributed by atoms with Gasteiger partial charge >= 0.3 is 0 Å². The maximum atomic E-state index is 14.5. The summed E-state index contributed by atoms with van der Waals surface area (Å²) in [5.74, 6) is 1.20. The van der Waals surface area contributed by atoms with Gasteiger partial charge in [-0.15, -0.1) is 0 Å². The average Bonchev–Trinajstić information content (AvgIpc) is 2.83. The lowest BCUT2D eigenvalue weighted by molar-refractivity contribution is 0.174. The van der Waals surface area contributed by atoms with Gasteiger partial charge in [0.25, 0.3) is 0 Å². The summed E-state index contributed by atoms with van der Waals surface area (Å²) in [6.07, 6.45) is 0.840. The summed E-state index contributed by atoms with van der Waals surface area (Å²) < 4.78 is 25.6. The van der Waals surface area contributed by atoms with Crippen LogP contribution in [0.5, 0.6) is 11.5 Å². The lowest BCUT2D eigenvalue weighted by Crippen LogP contribution is -2.42. The first-order chi connectivity index (χ1) is 16.5. The third kappa shape index (κ3) is 5.48. The van der Waals surface area contributed by atoms with E-state index in [0.717, 1.165) is 29.8 Å². The number of halogens is 1. The number of thiocarbonyl (C=S) groups is 1. The Morgan fingerprint density at radius 2 is 1.82 bits per heavy atom. The van der Waals surface area contributed by atoms with Crippen LogP contribution < -0.4 is 20.1 Å². The fraction of sp³-hybridized carbons (Fsp3) is 0.296. The van der Waals surface area contributed by atoms with Gasteiger partial charge in [0.1, 0.15) is 5.82 Å². The molecule has 0 radical (unpaired) electrons. The largest absolute Gasteiger partial charge is 0.493 e. The molecule has 178 valence electrons. The maximum Gasteiger partial charge on any atom is 0.170 e. The third-order valence-corrected chi connectivity index (χ3v) is 6.42. The summed E-state index contributed by atoms with van der Waals surface area (Å²) in [6, 6.07) is 19.1. The molecular formula is C27H30FN3O2S. The lowest BCUT2D eigenvalue weighted by atomic mass is 9.91. The highest BCUT2D eigenvalue weighted by molar-refractivity contribution is 7.80. The minimum atomic E-state index is -0.191. The van der Waals surface area contributed by atoms with E-state index in [4.69, 9.17) is 21.7 Å². The fourth-order valence-corrected chi connectivity index (χ4v) is 4.64. The van der Waals surface area contributed by atoms with E-state index in [1.807, 2.05) is 55.5 Å². The molecule has 3 aromatic rings. The van der Waals surface area contributed by atoms with Crippen LogP contribution in [0.3, 0.4) is 0 Å². The SMILES string of the molecule is COc1cc2c(cc1OC)C(CNC(=S)Nc1cccc(C)c1)N(Cc1ccccc1F)CC2. The first-order valence-corrected chi connectivity index (χ1v) is 11.7. The number of rotatable bonds is 7. The number of hydrogen-bond acceptors (Lipinski definition) is 4. The Hall–Kier alpha value is -3.16. The van der Waals surface area contributed by atoms with Crippen molar-refractivity contribution in [2.75, 3.05) is 32.6 Å². The first-order valence-electron chi connectivity index (χ1n) is 11.3. The van der Waals surface area contributed by atoms with Crippen molar-refractivity contribution in [2.24, 2.45) is 0 Å². The Kier molecular flexibility index (Phi) is 7.65. The van der Waals surface area contributed by atoms with Crippen LogP contribution in [0.4, 0.5) is 10.1 Å². The zero-order valence-electron chi connectivity index (χ0n) is 19.7. The van der Waals surface area contributed by atoms with Crippen LogP contribution in [-0.4, -0.2) is 37.3 Å². The number of methoxy groups -OCH3 is 2. The topological polar surface area (TPSA) is 45.8 Å². The van der Waals surface area contributed by atoms with Crippen LogP contribution in [0.15, 0.2) is 60.7 Å². The van der Waals surface area contributed by atoms with Crippen molar-refractivity contribution in [3.8, 4) is 11.5 Å². The van der Waals surface area contributed by atoms with Gasteiger partial charge in [0.2, 0.25) is 0 Å². The van der Waals surface area contributed by atoms with E-state index >= 15 is 0 Å². The summed E-state index contributed by atoms with van der Waals surface area (Å²) in [6.45, 7) is 3.91. The van der Waals surface area contributed by atoms with Crippen LogP contribution in [0, 0.1) is 12.7 Å². The number of ether oxygens (including phenoxy) is 2. The van der Waals surface area contributed by atoms with Gasteiger partial charge in [0.15, 0.2) is 16.6 Å². The Bertz CT molecular complexity index is 1170. The molecule has 0 spiro atoms. The van der Waals surface area contributed by atoms with Gasteiger partial charge in [0.05, 0.1) is 20.3 Å². The molecule has 0 aliphatic carbocycles. The minimum Gasteiger partial charge on any atom is -0.493 e. The van der Waals surface area contributed by atoms with E-state index in [1.165, 1.54) is 11.6 Å². The molecule has 1 atom stereocenters. The van der Waals surface area contributed by atoms with E-state index in [-0.39, 0.29) is 11.9 Å². The van der Waals surface area contributed by atoms with Gasteiger partial charge in [-0.2, -0.15) is 0 Å². The molecule has 4 rings (SSSR count). The van der Waals surface area contributed by atoms with Crippen LogP contribution in [0.25, 0.3) is 0 Å². The number of benzene rings is 3. The molecule has 34 heavy (non-hydrogen) atoms. The van der Waals surface area contributed by atoms with E-state index in [1.54, 1.807) is 20.3 Å². The second-order valence-corrected chi connectivity index (χ2v) is 8.85. The molecular weight excluding hydrogens is 449 g/mol. The van der Waals surface area contributed by atoms with Crippen molar-refractivity contribution >= 4 is 23.0 Å². The number of nitrogens with zero attached hydrogens (tertiary/aromatic N) is 1. The Morgan fingerprint density at radius 1 is 1.06 bits per heavy atom. The molecule has 1 heterocycles. The normalized spacial score (nSPS) is 15.4. The van der Waals surface area contributed by atoms with Crippen LogP contribution in [0.2, 0.25) is 0 Å². The maximum absolute atomic E-state index is 14.5. The second-order valence-electron chi connectivity index (χ2n) is 8.44. The van der Waals surface area contributed by atoms with Gasteiger partial charge in [-0.05, 0) is 72.6 Å². The van der Waals surface area contributed by atoms with Crippen molar-refractivity contribution in [3.63, 3.8) is 0 Å². The Balaban J connectivity index is 1.58. The van der Waals surface area contributed by atoms with E-state index in [2.05, 4.69) is 15.5 Å². The van der Waals surface area contributed by atoms with Crippen LogP contribution >= 0.6 is 12.2 Å². The summed E-state index contributed by atoms with van der Waals surface area (Å²) in [7, 11) is 3.28. The van der Waals surface area contributed by atoms with Crippen molar-refractivity contribution in [2.45, 2.75) is 25.9 Å². The summed E-state index contributed by atoms with van der Waals surface area (Å²) in [5, 5.41) is 7.17. The molecule has 0 bridgehead atoms. The van der Waals surface area contributed by atoms with Crippen molar-refractivity contribution in [1.82, 2.24) is 10.2 Å². The van der Waals surface area contributed by atoms with E-state index in [9.17, 15) is 4.39 Å². The highest BCUT2D eigenvalue weighted by Crippen LogP contribution is 2.38. The van der Waals surface area contributed by atoms with Gasteiger partial charge in [-0.25, -0.2) is 4.39 Å². The number of nitrogens with one attached hydrogen (secondary N) is 2. The molecule has 2 N–H and O–H groups in total. The molecule has 1 aliphatic heterocycles. The van der Waals surface area contributed by atoms with E-state index < -0.39 is 0 Å². The molecule has 1 unspecified atom stereocenters. The highest BCUT2D eigenvalue weighted by atomic mass is 32.1. The smallest absolute Gasteiger partial charge is 0.170 e. The number of fused-ring (bicyclic) bond motifs is 1. The molecule has 0 saturated heterocycles. The van der Waals surface area contributed by atoms with Gasteiger partial charge in [-0.1, -0.05) is 30.3 Å². The molecule has 0 amide bonds. The fourth-order valence-electron chi connectivity index (χ4n) is 4.44. The second kappa shape index (κ2) is 10.8. The molecule has 0 fully saturated rings. The van der Waals surface area contributed by atoms with Crippen LogP contribution in [0.1, 0.15) is 28.3 Å². The number of aryl methyl sites for hydroxylation is 1. The van der Waals surface area contributed by atoms with Crippen molar-refractivity contribution < 1.29 is 13.9 Å². The molecule has 0 saturated carbocycles. The van der Waals surface area contributed by atoms with Crippen molar-refractivity contribution in [1.29, 1.82) is 0 Å². The molecule has 5 nitrogen and oxygen atoms in total. The standard InChI is InChI=1S/C27H30FN3O2S/c1-18-7-6-9-21(13-18)30-27(34)29-16-24-22-15-26(33-3)25(32-2)14-19(22)11-12-31(24)17-20-8-4-5-10-23(20)28/h4-10,13-15,24H,11-12,16-17H2,1-3H3,(H2,29,30,34). The molecule has 0 aromatic heterocycles. The average molecular weight is 480 g/mol. The van der Waals surface area contributed by atoms with Gasteiger partial charge in [0, 0.05) is 30.9 Å². The number of hydrogen-bond donors (Lipinski definition) is 2. The monoisotopic (exact) mass is 479 g/mol. The number of anilines is 1. The summed E-state index contributed by atoms with van der Waals surface area (Å²) >= 11 is 5.58. The van der Waals surface area contributed by atoms with Gasteiger partial charge in [-0.3, -0.25) is 4.90 Å². The Labute approximate surface area is 205 Å². The highest BCUT2D eigenvalue weighted by Gasteiger charge is 2.29.